The first-order valence-corrected chi connectivity index (χ1v) is 10.7. The molecule has 1 saturated carbocycles. The molecule has 0 saturated heterocycles. The summed E-state index contributed by atoms with van der Waals surface area (Å²) >= 11 is 0. The molecular formula is C24H23N5O3. The Morgan fingerprint density at radius 1 is 1.12 bits per heavy atom. The molecule has 0 aliphatic heterocycles. The number of nitrogens with two attached hydrogens (primary N) is 1. The fourth-order valence-electron chi connectivity index (χ4n) is 4.72. The molecule has 3 heterocycles. The van der Waals surface area contributed by atoms with E-state index in [9.17, 15) is 14.7 Å². The molecule has 0 amide bonds. The first kappa shape index (κ1) is 20.1. The molecule has 0 spiro atoms. The highest BCUT2D eigenvalue weighted by molar-refractivity contribution is 6.00. The Hall–Kier alpha value is -3.81. The summed E-state index contributed by atoms with van der Waals surface area (Å²) in [5, 5.41) is 14.7. The van der Waals surface area contributed by atoms with Gasteiger partial charge in [-0.2, -0.15) is 9.61 Å². The monoisotopic (exact) mass is 429 g/mol. The van der Waals surface area contributed by atoms with Crippen LogP contribution in [0.1, 0.15) is 54.6 Å². The lowest BCUT2D eigenvalue weighted by Gasteiger charge is -2.27. The number of carbonyl (C=O) groups excluding carboxylic acids is 1. The number of aromatic nitrogens is 4. The van der Waals surface area contributed by atoms with Gasteiger partial charge in [0, 0.05) is 28.6 Å². The fourth-order valence-corrected chi connectivity index (χ4v) is 4.72. The van der Waals surface area contributed by atoms with E-state index >= 15 is 0 Å². The van der Waals surface area contributed by atoms with E-state index < -0.39 is 5.97 Å². The maximum absolute atomic E-state index is 12.5. The number of ketones is 1. The van der Waals surface area contributed by atoms with Crippen LogP contribution in [-0.2, 0) is 4.79 Å². The maximum atomic E-state index is 12.5. The van der Waals surface area contributed by atoms with Gasteiger partial charge in [0.1, 0.15) is 5.82 Å². The Labute approximate surface area is 184 Å². The summed E-state index contributed by atoms with van der Waals surface area (Å²) in [7, 11) is 0. The number of para-hydroxylation sites is 1. The third kappa shape index (κ3) is 3.28. The van der Waals surface area contributed by atoms with E-state index in [1.807, 2.05) is 30.3 Å². The first-order chi connectivity index (χ1) is 15.4. The second kappa shape index (κ2) is 7.71. The number of carboxylic acids is 1. The zero-order chi connectivity index (χ0) is 22.4. The van der Waals surface area contributed by atoms with Crippen molar-refractivity contribution < 1.29 is 14.7 Å². The van der Waals surface area contributed by atoms with Gasteiger partial charge in [-0.3, -0.25) is 14.6 Å². The molecule has 1 fully saturated rings. The molecule has 3 N–H and O–H groups in total. The average Bonchev–Trinajstić information content (AvgIpc) is 3.23. The molecule has 3 aromatic heterocycles. The van der Waals surface area contributed by atoms with Crippen LogP contribution in [0.3, 0.4) is 0 Å². The number of hydrogen-bond donors (Lipinski definition) is 2. The van der Waals surface area contributed by atoms with Gasteiger partial charge < -0.3 is 10.8 Å². The van der Waals surface area contributed by atoms with Crippen molar-refractivity contribution in [1.82, 2.24) is 19.6 Å². The molecule has 1 aliphatic carbocycles. The second-order valence-corrected chi connectivity index (χ2v) is 8.41. The zero-order valence-electron chi connectivity index (χ0n) is 17.7. The van der Waals surface area contributed by atoms with Crippen molar-refractivity contribution in [2.24, 2.45) is 5.92 Å². The number of aliphatic carboxylic acids is 1. The summed E-state index contributed by atoms with van der Waals surface area (Å²) in [6.45, 7) is 1.48. The number of nitrogens with zero attached hydrogens (tertiary/aromatic N) is 4. The van der Waals surface area contributed by atoms with E-state index in [-0.39, 0.29) is 23.4 Å². The molecule has 5 rings (SSSR count). The number of pyridine rings is 1. The summed E-state index contributed by atoms with van der Waals surface area (Å²) in [5.41, 5.74) is 10.5. The summed E-state index contributed by atoms with van der Waals surface area (Å²) < 4.78 is 1.51. The molecule has 4 aromatic rings. The van der Waals surface area contributed by atoms with Crippen LogP contribution in [0.5, 0.6) is 0 Å². The number of anilines is 1. The van der Waals surface area contributed by atoms with Gasteiger partial charge >= 0.3 is 5.97 Å². The van der Waals surface area contributed by atoms with Gasteiger partial charge in [-0.25, -0.2) is 4.98 Å². The Morgan fingerprint density at radius 2 is 1.88 bits per heavy atom. The van der Waals surface area contributed by atoms with Crippen LogP contribution in [0.2, 0.25) is 0 Å². The van der Waals surface area contributed by atoms with Gasteiger partial charge in [0.15, 0.2) is 11.4 Å². The van der Waals surface area contributed by atoms with Crippen molar-refractivity contribution in [2.75, 3.05) is 5.73 Å². The number of rotatable bonds is 4. The maximum Gasteiger partial charge on any atom is 0.306 e. The van der Waals surface area contributed by atoms with Gasteiger partial charge in [-0.05, 0) is 44.7 Å². The minimum atomic E-state index is -0.764. The van der Waals surface area contributed by atoms with Crippen molar-refractivity contribution in [2.45, 2.75) is 38.5 Å². The van der Waals surface area contributed by atoms with Crippen molar-refractivity contribution in [1.29, 1.82) is 0 Å². The molecule has 0 unspecified atom stereocenters. The minimum Gasteiger partial charge on any atom is -0.481 e. The van der Waals surface area contributed by atoms with E-state index in [4.69, 9.17) is 10.7 Å². The van der Waals surface area contributed by atoms with E-state index in [2.05, 4.69) is 10.1 Å². The number of carboxylic acid groups (broad SMARTS) is 1. The normalized spacial score (nSPS) is 18.8. The van der Waals surface area contributed by atoms with Gasteiger partial charge in [-0.1, -0.05) is 18.2 Å². The van der Waals surface area contributed by atoms with Gasteiger partial charge in [-0.15, -0.1) is 0 Å². The number of fused-ring (bicyclic) bond motifs is 2. The van der Waals surface area contributed by atoms with Crippen LogP contribution < -0.4 is 5.73 Å². The van der Waals surface area contributed by atoms with Gasteiger partial charge in [0.05, 0.1) is 28.9 Å². The summed E-state index contributed by atoms with van der Waals surface area (Å²) in [6, 6.07) is 9.90. The molecule has 162 valence electrons. The number of carbonyl (C=O) groups is 2. The largest absolute Gasteiger partial charge is 0.481 e. The van der Waals surface area contributed by atoms with E-state index in [1.165, 1.54) is 11.4 Å². The third-order valence-electron chi connectivity index (χ3n) is 6.43. The smallest absolute Gasteiger partial charge is 0.306 e. The van der Waals surface area contributed by atoms with Crippen molar-refractivity contribution in [3.05, 3.63) is 54.0 Å². The number of Topliss-reactive ketones (excluding diaryl/α,β-unsaturated/α-hetero) is 1. The lowest BCUT2D eigenvalue weighted by atomic mass is 9.79. The predicted molar refractivity (Wildman–Crippen MR) is 120 cm³/mol. The van der Waals surface area contributed by atoms with E-state index in [0.29, 0.717) is 42.6 Å². The van der Waals surface area contributed by atoms with Crippen LogP contribution in [0.15, 0.2) is 42.7 Å². The Bertz CT molecular complexity index is 1370. The Kier molecular flexibility index (Phi) is 4.84. The number of nitrogen functional groups attached to an aromatic ring is 1. The van der Waals surface area contributed by atoms with Crippen LogP contribution in [0, 0.1) is 5.92 Å². The van der Waals surface area contributed by atoms with Crippen molar-refractivity contribution >= 4 is 34.1 Å². The lowest BCUT2D eigenvalue weighted by molar-refractivity contribution is -0.142. The van der Waals surface area contributed by atoms with Crippen molar-refractivity contribution in [3.8, 4) is 11.1 Å². The molecule has 0 atom stereocenters. The van der Waals surface area contributed by atoms with E-state index in [0.717, 1.165) is 22.0 Å². The molecular weight excluding hydrogens is 406 g/mol. The molecule has 0 bridgehead atoms. The number of hydrogen-bond acceptors (Lipinski definition) is 6. The highest BCUT2D eigenvalue weighted by Gasteiger charge is 2.31. The molecule has 8 heteroatoms. The molecule has 1 aliphatic rings. The van der Waals surface area contributed by atoms with Crippen molar-refractivity contribution in [3.63, 3.8) is 0 Å². The number of benzene rings is 1. The van der Waals surface area contributed by atoms with Crippen LogP contribution in [0.25, 0.3) is 27.7 Å². The summed E-state index contributed by atoms with van der Waals surface area (Å²) in [6.07, 6.45) is 5.91. The fraction of sp³-hybridized carbons (Fsp3) is 0.292. The van der Waals surface area contributed by atoms with Crippen LogP contribution in [-0.4, -0.2) is 36.4 Å². The zero-order valence-corrected chi connectivity index (χ0v) is 17.7. The first-order valence-electron chi connectivity index (χ1n) is 10.7. The minimum absolute atomic E-state index is 0.0192. The molecule has 32 heavy (non-hydrogen) atoms. The van der Waals surface area contributed by atoms with Gasteiger partial charge in [0.25, 0.3) is 0 Å². The highest BCUT2D eigenvalue weighted by atomic mass is 16.4. The SMILES string of the molecule is CC(=O)c1c(N)n2ncc(-c3cnc4ccccc4c3)c2nc1[C@H]1CC[C@H](C(=O)O)CC1. The van der Waals surface area contributed by atoms with Gasteiger partial charge in [0.2, 0.25) is 0 Å². The summed E-state index contributed by atoms with van der Waals surface area (Å²) in [5.74, 6) is -1.04. The lowest BCUT2D eigenvalue weighted by Crippen LogP contribution is -2.23. The molecule has 0 radical (unpaired) electrons. The quantitative estimate of drug-likeness (QED) is 0.468. The summed E-state index contributed by atoms with van der Waals surface area (Å²) in [4.78, 5) is 33.3. The highest BCUT2D eigenvalue weighted by Crippen LogP contribution is 2.39. The Balaban J connectivity index is 1.64. The molecule has 8 nitrogen and oxygen atoms in total. The van der Waals surface area contributed by atoms with E-state index in [1.54, 1.807) is 12.4 Å². The average molecular weight is 429 g/mol. The second-order valence-electron chi connectivity index (χ2n) is 8.41. The van der Waals surface area contributed by atoms with Crippen LogP contribution >= 0.6 is 0 Å². The predicted octanol–water partition coefficient (Wildman–Crippen LogP) is 4.09. The Morgan fingerprint density at radius 3 is 2.59 bits per heavy atom. The standard InChI is InChI=1S/C24H23N5O3/c1-13(30)20-21(14-6-8-15(9-7-14)24(31)32)28-23-18(12-27-29(23)22(20)25)17-10-16-4-2-3-5-19(16)26-11-17/h2-5,10-12,14-15H,6-9,25H2,1H3,(H,31,32)/t14-,15-. The third-order valence-corrected chi connectivity index (χ3v) is 6.43. The topological polar surface area (TPSA) is 123 Å². The van der Waals surface area contributed by atoms with Crippen LogP contribution in [0.4, 0.5) is 5.82 Å². The molecule has 1 aromatic carbocycles.